The lowest BCUT2D eigenvalue weighted by molar-refractivity contribution is -0.142. The van der Waals surface area contributed by atoms with Gasteiger partial charge in [-0.1, -0.05) is 42.1 Å². The molecular formula is C24H32N4O2S. The Kier molecular flexibility index (Phi) is 7.67. The summed E-state index contributed by atoms with van der Waals surface area (Å²) in [5, 5.41) is 0.164. The summed E-state index contributed by atoms with van der Waals surface area (Å²) in [6.07, 6.45) is 7.34. The highest BCUT2D eigenvalue weighted by Gasteiger charge is 2.26. The van der Waals surface area contributed by atoms with Crippen LogP contribution in [0.4, 0.5) is 11.6 Å². The molecule has 0 radical (unpaired) electrons. The number of rotatable bonds is 7. The van der Waals surface area contributed by atoms with E-state index in [2.05, 4.69) is 15.9 Å². The van der Waals surface area contributed by atoms with Crippen molar-refractivity contribution in [3.8, 4) is 0 Å². The van der Waals surface area contributed by atoms with Gasteiger partial charge in [-0.3, -0.25) is 4.79 Å². The first-order valence-electron chi connectivity index (χ1n) is 11.5. The lowest BCUT2D eigenvalue weighted by atomic mass is 10.1. The van der Waals surface area contributed by atoms with Gasteiger partial charge in [0.1, 0.15) is 16.9 Å². The maximum atomic E-state index is 12.8. The van der Waals surface area contributed by atoms with Gasteiger partial charge >= 0.3 is 5.97 Å². The second-order valence-corrected chi connectivity index (χ2v) is 9.20. The van der Waals surface area contributed by atoms with Crippen LogP contribution in [0.2, 0.25) is 0 Å². The second kappa shape index (κ2) is 10.8. The largest absolute Gasteiger partial charge is 0.465 e. The minimum Gasteiger partial charge on any atom is -0.465 e. The number of benzene rings is 1. The molecule has 7 heteroatoms. The van der Waals surface area contributed by atoms with Gasteiger partial charge in [-0.15, -0.1) is 0 Å². The Hall–Kier alpha value is -2.28. The van der Waals surface area contributed by atoms with Crippen LogP contribution < -0.4 is 9.80 Å². The normalized spacial score (nSPS) is 18.0. The molecule has 1 unspecified atom stereocenters. The third-order valence-electron chi connectivity index (χ3n) is 5.86. The van der Waals surface area contributed by atoms with Gasteiger partial charge in [-0.05, 0) is 51.0 Å². The van der Waals surface area contributed by atoms with Crippen LogP contribution in [-0.2, 0) is 9.53 Å². The first-order valence-corrected chi connectivity index (χ1v) is 12.4. The fourth-order valence-electron chi connectivity index (χ4n) is 4.23. The predicted molar refractivity (Wildman–Crippen MR) is 126 cm³/mol. The van der Waals surface area contributed by atoms with E-state index in [0.29, 0.717) is 11.8 Å². The van der Waals surface area contributed by atoms with Gasteiger partial charge in [0, 0.05) is 32.2 Å². The molecule has 0 bridgehead atoms. The van der Waals surface area contributed by atoms with Gasteiger partial charge in [0.15, 0.2) is 5.16 Å². The van der Waals surface area contributed by atoms with Crippen molar-refractivity contribution in [2.75, 3.05) is 42.6 Å². The standard InChI is InChI=1S/C24H32N4O2S/c1-2-30-23(29)22(19-12-6-3-7-13-19)31-24-25-20(27-14-8-4-9-15-27)18-21(26-24)28-16-10-5-11-17-28/h3,6-7,12-13,18,22H,2,4-5,8-11,14-17H2,1H3. The molecule has 0 aliphatic carbocycles. The van der Waals surface area contributed by atoms with Crippen LogP contribution in [0.3, 0.4) is 0 Å². The van der Waals surface area contributed by atoms with E-state index in [1.165, 1.54) is 50.3 Å². The van der Waals surface area contributed by atoms with Crippen LogP contribution in [-0.4, -0.2) is 48.7 Å². The number of nitrogens with zero attached hydrogens (tertiary/aromatic N) is 4. The summed E-state index contributed by atoms with van der Waals surface area (Å²) < 4.78 is 5.39. The molecule has 2 aromatic rings. The van der Waals surface area contributed by atoms with Crippen molar-refractivity contribution in [3.05, 3.63) is 42.0 Å². The van der Waals surface area contributed by atoms with Crippen molar-refractivity contribution >= 4 is 29.4 Å². The molecule has 3 heterocycles. The van der Waals surface area contributed by atoms with Crippen LogP contribution in [0.15, 0.2) is 41.6 Å². The maximum Gasteiger partial charge on any atom is 0.324 e. The summed E-state index contributed by atoms with van der Waals surface area (Å²) in [5.41, 5.74) is 0.914. The van der Waals surface area contributed by atoms with E-state index in [9.17, 15) is 4.79 Å². The Balaban J connectivity index is 1.66. The van der Waals surface area contributed by atoms with E-state index >= 15 is 0 Å². The second-order valence-electron chi connectivity index (χ2n) is 8.12. The van der Waals surface area contributed by atoms with Crippen LogP contribution in [0.25, 0.3) is 0 Å². The van der Waals surface area contributed by atoms with Gasteiger partial charge in [-0.2, -0.15) is 0 Å². The van der Waals surface area contributed by atoms with Crippen molar-refractivity contribution in [1.82, 2.24) is 9.97 Å². The number of esters is 1. The number of hydrogen-bond donors (Lipinski definition) is 0. The van der Waals surface area contributed by atoms with Crippen molar-refractivity contribution in [1.29, 1.82) is 0 Å². The molecule has 0 saturated carbocycles. The SMILES string of the molecule is CCOC(=O)C(Sc1nc(N2CCCCC2)cc(N2CCCCC2)n1)c1ccccc1. The lowest BCUT2D eigenvalue weighted by Gasteiger charge is -2.31. The molecule has 2 fully saturated rings. The molecular weight excluding hydrogens is 408 g/mol. The minimum absolute atomic E-state index is 0.245. The van der Waals surface area contributed by atoms with Gasteiger partial charge in [0.25, 0.3) is 0 Å². The number of hydrogen-bond acceptors (Lipinski definition) is 7. The highest BCUT2D eigenvalue weighted by atomic mass is 32.2. The monoisotopic (exact) mass is 440 g/mol. The van der Waals surface area contributed by atoms with Crippen LogP contribution in [0.1, 0.15) is 56.3 Å². The molecule has 2 saturated heterocycles. The smallest absolute Gasteiger partial charge is 0.324 e. The minimum atomic E-state index is -0.480. The quantitative estimate of drug-likeness (QED) is 0.346. The van der Waals surface area contributed by atoms with Gasteiger partial charge < -0.3 is 14.5 Å². The van der Waals surface area contributed by atoms with Gasteiger partial charge in [-0.25, -0.2) is 9.97 Å². The summed E-state index contributed by atoms with van der Waals surface area (Å²) >= 11 is 1.40. The molecule has 4 rings (SSSR count). The molecule has 31 heavy (non-hydrogen) atoms. The van der Waals surface area contributed by atoms with Gasteiger partial charge in [0.05, 0.1) is 6.61 Å². The summed E-state index contributed by atoms with van der Waals surface area (Å²) in [7, 11) is 0. The number of piperidine rings is 2. The molecule has 1 aromatic heterocycles. The van der Waals surface area contributed by atoms with Crippen LogP contribution in [0.5, 0.6) is 0 Å². The first kappa shape index (κ1) is 21.9. The summed E-state index contributed by atoms with van der Waals surface area (Å²) in [6, 6.07) is 11.9. The molecule has 2 aliphatic heterocycles. The zero-order valence-corrected chi connectivity index (χ0v) is 19.1. The van der Waals surface area contributed by atoms with E-state index in [1.54, 1.807) is 0 Å². The highest BCUT2D eigenvalue weighted by Crippen LogP contribution is 2.37. The zero-order chi connectivity index (χ0) is 21.5. The predicted octanol–water partition coefficient (Wildman–Crippen LogP) is 4.85. The molecule has 6 nitrogen and oxygen atoms in total. The third kappa shape index (κ3) is 5.70. The molecule has 0 N–H and O–H groups in total. The fourth-order valence-corrected chi connectivity index (χ4v) is 5.19. The number of aromatic nitrogens is 2. The van der Waals surface area contributed by atoms with E-state index in [1.807, 2.05) is 37.3 Å². The fraction of sp³-hybridized carbons (Fsp3) is 0.542. The average molecular weight is 441 g/mol. The molecule has 0 spiro atoms. The molecule has 0 amide bonds. The maximum absolute atomic E-state index is 12.8. The van der Waals surface area contributed by atoms with Crippen molar-refractivity contribution < 1.29 is 9.53 Å². The summed E-state index contributed by atoms with van der Waals surface area (Å²) in [6.45, 7) is 6.31. The molecule has 1 aromatic carbocycles. The molecule has 166 valence electrons. The van der Waals surface area contributed by atoms with E-state index < -0.39 is 5.25 Å². The third-order valence-corrected chi connectivity index (χ3v) is 6.96. The first-order chi connectivity index (χ1) is 15.2. The Morgan fingerprint density at radius 1 is 0.935 bits per heavy atom. The topological polar surface area (TPSA) is 58.6 Å². The average Bonchev–Trinajstić information content (AvgIpc) is 2.84. The summed E-state index contributed by atoms with van der Waals surface area (Å²) in [4.78, 5) is 27.3. The van der Waals surface area contributed by atoms with E-state index in [0.717, 1.165) is 43.4 Å². The lowest BCUT2D eigenvalue weighted by Crippen LogP contribution is -2.33. The van der Waals surface area contributed by atoms with E-state index in [-0.39, 0.29) is 5.97 Å². The van der Waals surface area contributed by atoms with Crippen molar-refractivity contribution in [2.45, 2.75) is 55.9 Å². The number of thioether (sulfide) groups is 1. The van der Waals surface area contributed by atoms with Gasteiger partial charge in [0.2, 0.25) is 0 Å². The Labute approximate surface area is 189 Å². The van der Waals surface area contributed by atoms with Crippen LogP contribution >= 0.6 is 11.8 Å². The Bertz CT molecular complexity index is 816. The molecule has 2 aliphatic rings. The summed E-state index contributed by atoms with van der Waals surface area (Å²) in [5.74, 6) is 1.71. The number of carbonyl (C=O) groups is 1. The number of carbonyl (C=O) groups excluding carboxylic acids is 1. The Morgan fingerprint density at radius 3 is 2.00 bits per heavy atom. The van der Waals surface area contributed by atoms with Crippen molar-refractivity contribution in [3.63, 3.8) is 0 Å². The van der Waals surface area contributed by atoms with Crippen LogP contribution in [0, 0.1) is 0 Å². The van der Waals surface area contributed by atoms with E-state index in [4.69, 9.17) is 14.7 Å². The highest BCUT2D eigenvalue weighted by molar-refractivity contribution is 8.00. The number of anilines is 2. The number of ether oxygens (including phenoxy) is 1. The Morgan fingerprint density at radius 2 is 1.48 bits per heavy atom. The molecule has 1 atom stereocenters. The zero-order valence-electron chi connectivity index (χ0n) is 18.3. The van der Waals surface area contributed by atoms with Crippen molar-refractivity contribution in [2.24, 2.45) is 0 Å².